The molecule has 1 N–H and O–H groups in total. The lowest BCUT2D eigenvalue weighted by Gasteiger charge is -2.32. The van der Waals surface area contributed by atoms with E-state index in [1.54, 1.807) is 7.11 Å². The molecular weight excluding hydrogens is 212 g/mol. The van der Waals surface area contributed by atoms with Crippen molar-refractivity contribution in [3.05, 3.63) is 29.8 Å². The Morgan fingerprint density at radius 1 is 1.41 bits per heavy atom. The lowest BCUT2D eigenvalue weighted by molar-refractivity contribution is 0.175. The predicted octanol–water partition coefficient (Wildman–Crippen LogP) is 2.02. The van der Waals surface area contributed by atoms with Crippen molar-refractivity contribution in [3.8, 4) is 0 Å². The SMILES string of the molecule is CCC(COC)N1CCNCc2ccccc21. The second kappa shape index (κ2) is 6.03. The van der Waals surface area contributed by atoms with Crippen molar-refractivity contribution in [3.63, 3.8) is 0 Å². The number of nitrogens with zero attached hydrogens (tertiary/aromatic N) is 1. The van der Waals surface area contributed by atoms with Gasteiger partial charge in [0.05, 0.1) is 12.6 Å². The van der Waals surface area contributed by atoms with Crippen LogP contribution < -0.4 is 10.2 Å². The molecule has 3 heteroatoms. The number of nitrogens with one attached hydrogen (secondary N) is 1. The summed E-state index contributed by atoms with van der Waals surface area (Å²) < 4.78 is 5.34. The Morgan fingerprint density at radius 3 is 3.00 bits per heavy atom. The van der Waals surface area contributed by atoms with Crippen LogP contribution in [-0.4, -0.2) is 32.8 Å². The summed E-state index contributed by atoms with van der Waals surface area (Å²) in [5.41, 5.74) is 2.75. The average Bonchev–Trinajstić information content (AvgIpc) is 2.58. The first kappa shape index (κ1) is 12.4. The highest BCUT2D eigenvalue weighted by Gasteiger charge is 2.21. The standard InChI is InChI=1S/C14H22N2O/c1-3-13(11-17-2)16-9-8-15-10-12-6-4-5-7-14(12)16/h4-7,13,15H,3,8-11H2,1-2H3. The number of fused-ring (bicyclic) bond motifs is 1. The van der Waals surface area contributed by atoms with E-state index in [2.05, 4.69) is 41.4 Å². The Morgan fingerprint density at radius 2 is 2.24 bits per heavy atom. The van der Waals surface area contributed by atoms with E-state index in [-0.39, 0.29) is 0 Å². The first-order chi connectivity index (χ1) is 8.36. The predicted molar refractivity (Wildman–Crippen MR) is 71.4 cm³/mol. The van der Waals surface area contributed by atoms with Gasteiger partial charge in [-0.3, -0.25) is 0 Å². The zero-order chi connectivity index (χ0) is 12.1. The van der Waals surface area contributed by atoms with Crippen LogP contribution in [0.25, 0.3) is 0 Å². The summed E-state index contributed by atoms with van der Waals surface area (Å²) in [4.78, 5) is 2.48. The first-order valence-corrected chi connectivity index (χ1v) is 6.41. The highest BCUT2D eigenvalue weighted by Crippen LogP contribution is 2.25. The Bertz CT molecular complexity index is 354. The largest absolute Gasteiger partial charge is 0.383 e. The number of methoxy groups -OCH3 is 1. The van der Waals surface area contributed by atoms with E-state index in [0.717, 1.165) is 32.7 Å². The van der Waals surface area contributed by atoms with Crippen molar-refractivity contribution in [2.45, 2.75) is 25.9 Å². The van der Waals surface area contributed by atoms with Gasteiger partial charge < -0.3 is 15.0 Å². The van der Waals surface area contributed by atoms with Crippen molar-refractivity contribution in [1.82, 2.24) is 5.32 Å². The molecule has 1 heterocycles. The number of hydrogen-bond donors (Lipinski definition) is 1. The molecule has 17 heavy (non-hydrogen) atoms. The van der Waals surface area contributed by atoms with E-state index in [4.69, 9.17) is 4.74 Å². The molecule has 0 saturated heterocycles. The minimum Gasteiger partial charge on any atom is -0.383 e. The number of anilines is 1. The van der Waals surface area contributed by atoms with Crippen LogP contribution in [0.15, 0.2) is 24.3 Å². The summed E-state index contributed by atoms with van der Waals surface area (Å²) in [6.45, 7) is 6.08. The number of benzene rings is 1. The molecule has 0 aromatic heterocycles. The summed E-state index contributed by atoms with van der Waals surface area (Å²) in [6.07, 6.45) is 1.11. The topological polar surface area (TPSA) is 24.5 Å². The van der Waals surface area contributed by atoms with E-state index in [9.17, 15) is 0 Å². The van der Waals surface area contributed by atoms with E-state index in [0.29, 0.717) is 6.04 Å². The third-order valence-corrected chi connectivity index (χ3v) is 3.42. The van der Waals surface area contributed by atoms with Crippen LogP contribution in [0.2, 0.25) is 0 Å². The van der Waals surface area contributed by atoms with Gasteiger partial charge in [-0.25, -0.2) is 0 Å². The van der Waals surface area contributed by atoms with Gasteiger partial charge >= 0.3 is 0 Å². The Balaban J connectivity index is 2.26. The maximum absolute atomic E-state index is 5.34. The molecule has 2 rings (SSSR count). The molecule has 1 aromatic carbocycles. The van der Waals surface area contributed by atoms with Gasteiger partial charge in [-0.15, -0.1) is 0 Å². The third-order valence-electron chi connectivity index (χ3n) is 3.42. The van der Waals surface area contributed by atoms with E-state index < -0.39 is 0 Å². The maximum atomic E-state index is 5.34. The van der Waals surface area contributed by atoms with Crippen LogP contribution >= 0.6 is 0 Å². The Hall–Kier alpha value is -1.06. The van der Waals surface area contributed by atoms with Crippen LogP contribution in [0.1, 0.15) is 18.9 Å². The molecule has 0 radical (unpaired) electrons. The fourth-order valence-electron chi connectivity index (χ4n) is 2.48. The van der Waals surface area contributed by atoms with Gasteiger partial charge in [0, 0.05) is 32.4 Å². The second-order valence-electron chi connectivity index (χ2n) is 4.52. The molecule has 0 aliphatic carbocycles. The molecule has 0 fully saturated rings. The summed E-state index contributed by atoms with van der Waals surface area (Å²) in [5.74, 6) is 0. The molecule has 1 atom stereocenters. The van der Waals surface area contributed by atoms with Gasteiger partial charge in [0.15, 0.2) is 0 Å². The van der Waals surface area contributed by atoms with Crippen molar-refractivity contribution < 1.29 is 4.74 Å². The van der Waals surface area contributed by atoms with Crippen LogP contribution in [0, 0.1) is 0 Å². The summed E-state index contributed by atoms with van der Waals surface area (Å²) in [5, 5.41) is 3.47. The molecule has 0 spiro atoms. The van der Waals surface area contributed by atoms with Gasteiger partial charge in [-0.2, -0.15) is 0 Å². The lowest BCUT2D eigenvalue weighted by Crippen LogP contribution is -2.40. The Kier molecular flexibility index (Phi) is 4.40. The molecule has 1 aliphatic heterocycles. The quantitative estimate of drug-likeness (QED) is 0.862. The van der Waals surface area contributed by atoms with Gasteiger partial charge in [0.25, 0.3) is 0 Å². The van der Waals surface area contributed by atoms with Gasteiger partial charge in [0.2, 0.25) is 0 Å². The second-order valence-corrected chi connectivity index (χ2v) is 4.52. The fourth-order valence-corrected chi connectivity index (χ4v) is 2.48. The molecule has 3 nitrogen and oxygen atoms in total. The van der Waals surface area contributed by atoms with Crippen molar-refractivity contribution >= 4 is 5.69 Å². The zero-order valence-corrected chi connectivity index (χ0v) is 10.8. The van der Waals surface area contributed by atoms with Gasteiger partial charge in [0.1, 0.15) is 0 Å². The van der Waals surface area contributed by atoms with Gasteiger partial charge in [-0.1, -0.05) is 25.1 Å². The summed E-state index contributed by atoms with van der Waals surface area (Å²) in [6, 6.07) is 9.14. The lowest BCUT2D eigenvalue weighted by atomic mass is 10.1. The zero-order valence-electron chi connectivity index (χ0n) is 10.8. The van der Waals surface area contributed by atoms with Crippen LogP contribution in [0.4, 0.5) is 5.69 Å². The highest BCUT2D eigenvalue weighted by atomic mass is 16.5. The van der Waals surface area contributed by atoms with Crippen molar-refractivity contribution in [1.29, 1.82) is 0 Å². The van der Waals surface area contributed by atoms with Crippen molar-refractivity contribution in [2.75, 3.05) is 31.7 Å². The van der Waals surface area contributed by atoms with Crippen LogP contribution in [-0.2, 0) is 11.3 Å². The minimum atomic E-state index is 0.473. The number of para-hydroxylation sites is 1. The first-order valence-electron chi connectivity index (χ1n) is 6.41. The molecule has 0 saturated carbocycles. The van der Waals surface area contributed by atoms with E-state index >= 15 is 0 Å². The maximum Gasteiger partial charge on any atom is 0.0666 e. The molecule has 1 aromatic rings. The van der Waals surface area contributed by atoms with Crippen LogP contribution in [0.5, 0.6) is 0 Å². The number of ether oxygens (including phenoxy) is 1. The molecule has 1 aliphatic rings. The third kappa shape index (κ3) is 2.79. The molecule has 0 amide bonds. The molecular formula is C14H22N2O. The highest BCUT2D eigenvalue weighted by molar-refractivity contribution is 5.55. The molecule has 0 bridgehead atoms. The smallest absolute Gasteiger partial charge is 0.0666 e. The number of hydrogen-bond acceptors (Lipinski definition) is 3. The van der Waals surface area contributed by atoms with Crippen LogP contribution in [0.3, 0.4) is 0 Å². The number of rotatable bonds is 4. The van der Waals surface area contributed by atoms with E-state index in [1.807, 2.05) is 0 Å². The van der Waals surface area contributed by atoms with Gasteiger partial charge in [-0.05, 0) is 18.1 Å². The summed E-state index contributed by atoms with van der Waals surface area (Å²) in [7, 11) is 1.78. The normalized spacial score (nSPS) is 17.4. The fraction of sp³-hybridized carbons (Fsp3) is 0.571. The summed E-state index contributed by atoms with van der Waals surface area (Å²) >= 11 is 0. The molecule has 1 unspecified atom stereocenters. The van der Waals surface area contributed by atoms with E-state index in [1.165, 1.54) is 11.3 Å². The molecule has 94 valence electrons. The minimum absolute atomic E-state index is 0.473. The average molecular weight is 234 g/mol. The Labute approximate surface area is 104 Å². The van der Waals surface area contributed by atoms with Crippen molar-refractivity contribution in [2.24, 2.45) is 0 Å². The monoisotopic (exact) mass is 234 g/mol.